The number of likely N-dealkylation sites (tertiary alicyclic amines) is 1. The summed E-state index contributed by atoms with van der Waals surface area (Å²) in [5, 5.41) is 20.0. The molecule has 0 aliphatic carbocycles. The quantitative estimate of drug-likeness (QED) is 0.558. The summed E-state index contributed by atoms with van der Waals surface area (Å²) in [5.74, 6) is -0.579. The molecule has 2 aliphatic rings. The van der Waals surface area contributed by atoms with E-state index in [9.17, 15) is 19.1 Å². The zero-order chi connectivity index (χ0) is 26.5. The van der Waals surface area contributed by atoms with Gasteiger partial charge in [-0.3, -0.25) is 4.79 Å². The molecular weight excluding hydrogens is 475 g/mol. The molecule has 4 rings (SSSR count). The fourth-order valence-corrected chi connectivity index (χ4v) is 4.60. The normalized spacial score (nSPS) is 16.7. The molecule has 2 N–H and O–H groups in total. The second-order valence-corrected chi connectivity index (χ2v) is 9.53. The summed E-state index contributed by atoms with van der Waals surface area (Å²) in [7, 11) is 0. The molecule has 2 aromatic rings. The van der Waals surface area contributed by atoms with E-state index in [0.717, 1.165) is 42.6 Å². The van der Waals surface area contributed by atoms with Crippen LogP contribution in [0.2, 0.25) is 0 Å². The minimum absolute atomic E-state index is 0.00408. The number of amides is 3. The lowest BCUT2D eigenvalue weighted by Gasteiger charge is -2.32. The second kappa shape index (κ2) is 11.5. The predicted octanol–water partition coefficient (Wildman–Crippen LogP) is 3.45. The Balaban J connectivity index is 1.40. The van der Waals surface area contributed by atoms with Crippen molar-refractivity contribution in [1.29, 1.82) is 0 Å². The lowest BCUT2D eigenvalue weighted by atomic mass is 9.96. The Morgan fingerprint density at radius 3 is 2.70 bits per heavy atom. The van der Waals surface area contributed by atoms with E-state index in [1.807, 2.05) is 18.7 Å². The zero-order valence-corrected chi connectivity index (χ0v) is 21.3. The SMILES string of the molecule is C=C(/C=C\C=C(/C)c1nncn1C(C)CO)NC(=O)c1cc2c(cc1F)CCN(C(=O)N1CCCC1)C2. The molecule has 10 heteroatoms. The summed E-state index contributed by atoms with van der Waals surface area (Å²) in [5.41, 5.74) is 2.62. The highest BCUT2D eigenvalue weighted by molar-refractivity contribution is 5.96. The van der Waals surface area contributed by atoms with Crippen molar-refractivity contribution in [2.45, 2.75) is 45.7 Å². The Morgan fingerprint density at radius 1 is 1.22 bits per heavy atom. The Hall–Kier alpha value is -3.79. The predicted molar refractivity (Wildman–Crippen MR) is 138 cm³/mol. The Morgan fingerprint density at radius 2 is 1.97 bits per heavy atom. The van der Waals surface area contributed by atoms with Crippen LogP contribution in [0.1, 0.15) is 60.0 Å². The van der Waals surface area contributed by atoms with Gasteiger partial charge >= 0.3 is 6.03 Å². The number of allylic oxidation sites excluding steroid dienone is 4. The smallest absolute Gasteiger partial charge is 0.320 e. The first kappa shape index (κ1) is 26.3. The number of carbonyl (C=O) groups excluding carboxylic acids is 2. The van der Waals surface area contributed by atoms with Gasteiger partial charge in [0.05, 0.1) is 18.2 Å². The molecule has 0 saturated carbocycles. The van der Waals surface area contributed by atoms with Crippen molar-refractivity contribution >= 4 is 17.5 Å². The Kier molecular flexibility index (Phi) is 8.17. The van der Waals surface area contributed by atoms with Gasteiger partial charge in [0.25, 0.3) is 5.91 Å². The molecule has 3 amide bonds. The van der Waals surface area contributed by atoms with E-state index in [4.69, 9.17) is 0 Å². The van der Waals surface area contributed by atoms with Crippen LogP contribution >= 0.6 is 0 Å². The van der Waals surface area contributed by atoms with Gasteiger partial charge < -0.3 is 24.8 Å². The van der Waals surface area contributed by atoms with Gasteiger partial charge in [0, 0.05) is 31.9 Å². The van der Waals surface area contributed by atoms with Gasteiger partial charge in [-0.1, -0.05) is 18.7 Å². The number of hydrogen-bond acceptors (Lipinski definition) is 5. The summed E-state index contributed by atoms with van der Waals surface area (Å²) in [4.78, 5) is 29.2. The first-order chi connectivity index (χ1) is 17.8. The molecule has 0 spiro atoms. The summed E-state index contributed by atoms with van der Waals surface area (Å²) >= 11 is 0. The lowest BCUT2D eigenvalue weighted by Crippen LogP contribution is -2.44. The van der Waals surface area contributed by atoms with Crippen molar-refractivity contribution in [3.8, 4) is 0 Å². The van der Waals surface area contributed by atoms with Crippen LogP contribution in [0, 0.1) is 5.82 Å². The number of halogens is 1. The largest absolute Gasteiger partial charge is 0.394 e. The number of carbonyl (C=O) groups is 2. The molecular formula is C27H33FN6O3. The monoisotopic (exact) mass is 508 g/mol. The number of nitrogens with zero attached hydrogens (tertiary/aromatic N) is 5. The van der Waals surface area contributed by atoms with Crippen LogP contribution in [0.3, 0.4) is 0 Å². The maximum atomic E-state index is 14.8. The average molecular weight is 509 g/mol. The summed E-state index contributed by atoms with van der Waals surface area (Å²) < 4.78 is 16.6. The molecule has 196 valence electrons. The number of hydrogen-bond donors (Lipinski definition) is 2. The minimum atomic E-state index is -0.602. The number of aliphatic hydroxyl groups excluding tert-OH is 1. The molecule has 2 aliphatic heterocycles. The minimum Gasteiger partial charge on any atom is -0.394 e. The fraction of sp³-hybridized carbons (Fsp3) is 0.407. The van der Waals surface area contributed by atoms with Crippen molar-refractivity contribution in [3.63, 3.8) is 0 Å². The standard InChI is InChI=1S/C27H33FN6O3/c1-18(25-31-29-17-34(25)20(3)16-35)7-6-8-19(2)30-26(36)23-13-22-15-33(12-9-21(22)14-24(23)28)27(37)32-10-4-5-11-32/h6-8,13-14,17,20,35H,2,4-5,9-12,15-16H2,1,3H3,(H,30,36)/b8-6-,18-7+. The van der Waals surface area contributed by atoms with Crippen LogP contribution in [-0.4, -0.2) is 67.9 Å². The highest BCUT2D eigenvalue weighted by Crippen LogP contribution is 2.25. The number of urea groups is 1. The van der Waals surface area contributed by atoms with Crippen molar-refractivity contribution in [2.24, 2.45) is 0 Å². The van der Waals surface area contributed by atoms with Crippen LogP contribution in [0.15, 0.2) is 49.0 Å². The molecule has 0 bridgehead atoms. The van der Waals surface area contributed by atoms with Crippen molar-refractivity contribution in [3.05, 3.63) is 77.3 Å². The third-order valence-electron chi connectivity index (χ3n) is 6.78. The number of aromatic nitrogens is 3. The third-order valence-corrected chi connectivity index (χ3v) is 6.78. The Bertz CT molecular complexity index is 1240. The maximum Gasteiger partial charge on any atom is 0.320 e. The number of rotatable bonds is 7. The number of fused-ring (bicyclic) bond motifs is 1. The van der Waals surface area contributed by atoms with E-state index in [1.165, 1.54) is 6.07 Å². The third kappa shape index (κ3) is 5.96. The molecule has 1 aromatic carbocycles. The van der Waals surface area contributed by atoms with Gasteiger partial charge in [-0.2, -0.15) is 0 Å². The Labute approximate surface area is 216 Å². The first-order valence-electron chi connectivity index (χ1n) is 12.5. The van der Waals surface area contributed by atoms with Crippen LogP contribution in [-0.2, 0) is 13.0 Å². The topological polar surface area (TPSA) is 104 Å². The molecule has 0 radical (unpaired) electrons. The molecule has 37 heavy (non-hydrogen) atoms. The highest BCUT2D eigenvalue weighted by atomic mass is 19.1. The summed E-state index contributed by atoms with van der Waals surface area (Å²) in [6.45, 7) is 9.95. The van der Waals surface area contributed by atoms with Gasteiger partial charge in [0.1, 0.15) is 12.1 Å². The molecule has 1 atom stereocenters. The number of benzene rings is 1. The summed E-state index contributed by atoms with van der Waals surface area (Å²) in [6, 6.07) is 2.78. The maximum absolute atomic E-state index is 14.8. The van der Waals surface area contributed by atoms with Crippen LogP contribution < -0.4 is 5.32 Å². The second-order valence-electron chi connectivity index (χ2n) is 9.53. The fourth-order valence-electron chi connectivity index (χ4n) is 4.60. The van der Waals surface area contributed by atoms with Crippen LogP contribution in [0.5, 0.6) is 0 Å². The number of nitrogens with one attached hydrogen (secondary N) is 1. The van der Waals surface area contributed by atoms with Crippen molar-refractivity contribution in [2.75, 3.05) is 26.2 Å². The zero-order valence-electron chi connectivity index (χ0n) is 21.3. The number of aliphatic hydroxyl groups is 1. The van der Waals surface area contributed by atoms with Gasteiger partial charge in [-0.05, 0) is 68.0 Å². The molecule has 1 unspecified atom stereocenters. The molecule has 9 nitrogen and oxygen atoms in total. The van der Waals surface area contributed by atoms with E-state index in [2.05, 4.69) is 22.1 Å². The molecule has 1 fully saturated rings. The summed E-state index contributed by atoms with van der Waals surface area (Å²) in [6.07, 6.45) is 9.24. The van der Waals surface area contributed by atoms with Crippen molar-refractivity contribution < 1.29 is 19.1 Å². The van der Waals surface area contributed by atoms with Gasteiger partial charge in [-0.25, -0.2) is 9.18 Å². The van der Waals surface area contributed by atoms with E-state index >= 15 is 0 Å². The lowest BCUT2D eigenvalue weighted by molar-refractivity contribution is 0.0963. The van der Waals surface area contributed by atoms with Crippen LogP contribution in [0.25, 0.3) is 5.57 Å². The van der Waals surface area contributed by atoms with Crippen molar-refractivity contribution in [1.82, 2.24) is 29.9 Å². The average Bonchev–Trinajstić information content (AvgIpc) is 3.60. The molecule has 1 saturated heterocycles. The van der Waals surface area contributed by atoms with Gasteiger partial charge in [-0.15, -0.1) is 10.2 Å². The van der Waals surface area contributed by atoms with Crippen LogP contribution in [0.4, 0.5) is 9.18 Å². The molecule has 3 heterocycles. The first-order valence-corrected chi connectivity index (χ1v) is 12.5. The molecule has 1 aromatic heterocycles. The van der Waals surface area contributed by atoms with E-state index in [-0.39, 0.29) is 24.2 Å². The highest BCUT2D eigenvalue weighted by Gasteiger charge is 2.28. The van der Waals surface area contributed by atoms with Gasteiger partial charge in [0.2, 0.25) is 0 Å². The van der Waals surface area contributed by atoms with E-state index in [0.29, 0.717) is 31.0 Å². The van der Waals surface area contributed by atoms with E-state index in [1.54, 1.807) is 40.1 Å². The van der Waals surface area contributed by atoms with E-state index < -0.39 is 11.7 Å². The van der Waals surface area contributed by atoms with Gasteiger partial charge in [0.15, 0.2) is 5.82 Å².